The summed E-state index contributed by atoms with van der Waals surface area (Å²) in [5.41, 5.74) is 5.94. The molecule has 0 spiro atoms. The lowest BCUT2D eigenvalue weighted by Gasteiger charge is -1.93. The largest absolute Gasteiger partial charge is 0.412 e. The molecule has 1 aromatic carbocycles. The van der Waals surface area contributed by atoms with Crippen LogP contribution in [-0.4, -0.2) is 5.48 Å². The van der Waals surface area contributed by atoms with E-state index in [1.54, 1.807) is 5.57 Å². The average Bonchev–Trinajstić information content (AvgIpc) is 3.04. The lowest BCUT2D eigenvalue weighted by atomic mass is 10.1. The second kappa shape index (κ2) is 10.4. The molecule has 116 valence electrons. The maximum atomic E-state index is 2.30. The number of benzene rings is 1. The number of aryl methyl sites for hydroxylation is 2. The lowest BCUT2D eigenvalue weighted by molar-refractivity contribution is 0.824. The molecule has 0 bridgehead atoms. The van der Waals surface area contributed by atoms with Crippen LogP contribution in [0.5, 0.6) is 0 Å². The van der Waals surface area contributed by atoms with Crippen molar-refractivity contribution in [1.82, 2.24) is 6.15 Å². The van der Waals surface area contributed by atoms with Gasteiger partial charge in [-0.05, 0) is 38.3 Å². The smallest absolute Gasteiger partial charge is 0.00236 e. The van der Waals surface area contributed by atoms with Gasteiger partial charge in [-0.2, -0.15) is 0 Å². The van der Waals surface area contributed by atoms with Gasteiger partial charge >= 0.3 is 0 Å². The van der Waals surface area contributed by atoms with Crippen molar-refractivity contribution in [1.29, 1.82) is 0 Å². The first-order valence-corrected chi connectivity index (χ1v) is 7.00. The van der Waals surface area contributed by atoms with Crippen LogP contribution in [0.3, 0.4) is 0 Å². The molecule has 2 nitrogen and oxygen atoms in total. The van der Waals surface area contributed by atoms with Crippen LogP contribution < -0.4 is 6.15 Å². The third-order valence-electron chi connectivity index (χ3n) is 3.24. The molecule has 0 aliphatic heterocycles. The number of rotatable bonds is 0. The van der Waals surface area contributed by atoms with E-state index in [0.29, 0.717) is 0 Å². The zero-order chi connectivity index (χ0) is 13.5. The van der Waals surface area contributed by atoms with Crippen LogP contribution in [0.4, 0.5) is 0 Å². The van der Waals surface area contributed by atoms with E-state index in [1.807, 2.05) is 0 Å². The van der Waals surface area contributed by atoms with Gasteiger partial charge in [0.15, 0.2) is 0 Å². The minimum atomic E-state index is 0. The highest BCUT2D eigenvalue weighted by atomic mass is 16.0. The molecule has 0 radical (unpaired) electrons. The molecule has 0 amide bonds. The maximum absolute atomic E-state index is 2.30. The van der Waals surface area contributed by atoms with E-state index < -0.39 is 0 Å². The summed E-state index contributed by atoms with van der Waals surface area (Å²) in [6, 6.07) is 8.36. The van der Waals surface area contributed by atoms with E-state index in [1.165, 1.54) is 29.5 Å². The van der Waals surface area contributed by atoms with Gasteiger partial charge in [-0.25, -0.2) is 0 Å². The Hall–Kier alpha value is -1.38. The Bertz CT molecular complexity index is 431. The fraction of sp³-hybridized carbons (Fsp3) is 0.444. The molecular weight excluding hydrogens is 246 g/mol. The van der Waals surface area contributed by atoms with Crippen molar-refractivity contribution in [2.45, 2.75) is 47.5 Å². The zero-order valence-corrected chi connectivity index (χ0v) is 13.7. The standard InChI is InChI=1S/C8H10.C7H8.C3H8.H3N.H2O.H2/c1-7-5-3-4-6-8(7)2;1-5-2-3-6-4-7(5)6;1-3-2;;;/h3-6H,1-2H3;2-3,6H,4H2,1H3;3H2,1-2H3;1H3;1H2;1H. The molecule has 2 aliphatic rings. The Balaban J connectivity index is -0.000000234. The van der Waals surface area contributed by atoms with E-state index in [0.717, 1.165) is 5.92 Å². The monoisotopic (exact) mass is 279 g/mol. The fourth-order valence-electron chi connectivity index (χ4n) is 1.85. The van der Waals surface area contributed by atoms with Gasteiger partial charge in [0.1, 0.15) is 0 Å². The second-order valence-corrected chi connectivity index (χ2v) is 5.17. The summed E-state index contributed by atoms with van der Waals surface area (Å²) in [5, 5.41) is 0. The van der Waals surface area contributed by atoms with Crippen LogP contribution in [0.15, 0.2) is 47.6 Å². The van der Waals surface area contributed by atoms with E-state index in [-0.39, 0.29) is 13.1 Å². The van der Waals surface area contributed by atoms with Crippen LogP contribution >= 0.6 is 0 Å². The van der Waals surface area contributed by atoms with Crippen LogP contribution in [0, 0.1) is 19.8 Å². The maximum Gasteiger partial charge on any atom is 0.00236 e. The molecule has 2 heteroatoms. The molecule has 1 fully saturated rings. The average molecular weight is 279 g/mol. The Morgan fingerprint density at radius 1 is 1.05 bits per heavy atom. The van der Waals surface area contributed by atoms with Crippen molar-refractivity contribution in [3.63, 3.8) is 0 Å². The van der Waals surface area contributed by atoms with Gasteiger partial charge < -0.3 is 11.6 Å². The first-order chi connectivity index (χ1) is 8.60. The minimum Gasteiger partial charge on any atom is -0.412 e. The molecule has 0 saturated heterocycles. The van der Waals surface area contributed by atoms with E-state index in [4.69, 9.17) is 0 Å². The van der Waals surface area contributed by atoms with Crippen LogP contribution in [0.25, 0.3) is 0 Å². The van der Waals surface area contributed by atoms with Crippen LogP contribution in [0.1, 0.15) is 46.2 Å². The van der Waals surface area contributed by atoms with E-state index in [9.17, 15) is 0 Å². The normalized spacial score (nSPS) is 16.6. The fourth-order valence-corrected chi connectivity index (χ4v) is 1.85. The molecule has 1 aromatic rings. The van der Waals surface area contributed by atoms with Crippen LogP contribution in [0.2, 0.25) is 0 Å². The number of allylic oxidation sites excluding steroid dienone is 4. The zero-order valence-electron chi connectivity index (χ0n) is 13.7. The summed E-state index contributed by atoms with van der Waals surface area (Å²) in [4.78, 5) is 0. The summed E-state index contributed by atoms with van der Waals surface area (Å²) >= 11 is 0. The molecule has 20 heavy (non-hydrogen) atoms. The molecule has 1 saturated carbocycles. The van der Waals surface area contributed by atoms with Crippen molar-refractivity contribution in [3.8, 4) is 0 Å². The number of hydrogen-bond donors (Lipinski definition) is 1. The van der Waals surface area contributed by atoms with Gasteiger partial charge in [-0.3, -0.25) is 0 Å². The third kappa shape index (κ3) is 6.69. The topological polar surface area (TPSA) is 66.5 Å². The Kier molecular flexibility index (Phi) is 10.9. The van der Waals surface area contributed by atoms with Crippen LogP contribution in [-0.2, 0) is 0 Å². The molecular formula is C18H33NO. The van der Waals surface area contributed by atoms with Gasteiger partial charge in [0, 0.05) is 7.34 Å². The summed E-state index contributed by atoms with van der Waals surface area (Å²) in [6.07, 6.45) is 7.14. The SMILES string of the molecule is CC1=C2CC2C=C1.CCC.Cc1ccccc1C.N.O.[HH]. The minimum absolute atomic E-state index is 0. The summed E-state index contributed by atoms with van der Waals surface area (Å²) < 4.78 is 0. The van der Waals surface area contributed by atoms with Crippen molar-refractivity contribution >= 4 is 0 Å². The summed E-state index contributed by atoms with van der Waals surface area (Å²) in [5.74, 6) is 0.889. The quantitative estimate of drug-likeness (QED) is 0.697. The van der Waals surface area contributed by atoms with Gasteiger partial charge in [0.2, 0.25) is 0 Å². The molecule has 1 unspecified atom stereocenters. The highest BCUT2D eigenvalue weighted by Crippen LogP contribution is 2.45. The summed E-state index contributed by atoms with van der Waals surface area (Å²) in [6.45, 7) is 10.7. The van der Waals surface area contributed by atoms with Gasteiger partial charge in [0.05, 0.1) is 0 Å². The van der Waals surface area contributed by atoms with Crippen molar-refractivity contribution in [3.05, 3.63) is 58.7 Å². The van der Waals surface area contributed by atoms with Crippen molar-refractivity contribution in [2.24, 2.45) is 5.92 Å². The predicted molar refractivity (Wildman–Crippen MR) is 92.6 cm³/mol. The second-order valence-electron chi connectivity index (χ2n) is 5.17. The predicted octanol–water partition coefficient (Wildman–Crippen LogP) is 5.20. The number of fused-ring (bicyclic) bond motifs is 1. The van der Waals surface area contributed by atoms with E-state index >= 15 is 0 Å². The molecule has 3 rings (SSSR count). The highest BCUT2D eigenvalue weighted by molar-refractivity contribution is 5.45. The van der Waals surface area contributed by atoms with Gasteiger partial charge in [0.25, 0.3) is 0 Å². The molecule has 0 heterocycles. The Morgan fingerprint density at radius 3 is 1.65 bits per heavy atom. The molecule has 5 N–H and O–H groups in total. The first kappa shape index (κ1) is 20.9. The molecule has 1 atom stereocenters. The van der Waals surface area contributed by atoms with Gasteiger partial charge in [-0.15, -0.1) is 0 Å². The van der Waals surface area contributed by atoms with Gasteiger partial charge in [-0.1, -0.05) is 67.8 Å². The first-order valence-electron chi connectivity index (χ1n) is 7.00. The Labute approximate surface area is 126 Å². The van der Waals surface area contributed by atoms with Crippen molar-refractivity contribution in [2.75, 3.05) is 0 Å². The highest BCUT2D eigenvalue weighted by Gasteiger charge is 2.31. The lowest BCUT2D eigenvalue weighted by Crippen LogP contribution is -1.74. The molecule has 2 aliphatic carbocycles. The third-order valence-corrected chi connectivity index (χ3v) is 3.24. The van der Waals surface area contributed by atoms with E-state index in [2.05, 4.69) is 71.0 Å². The summed E-state index contributed by atoms with van der Waals surface area (Å²) in [7, 11) is 0. The molecule has 0 aromatic heterocycles. The number of hydrogen-bond acceptors (Lipinski definition) is 1. The Morgan fingerprint density at radius 2 is 1.50 bits per heavy atom. The van der Waals surface area contributed by atoms with Crippen molar-refractivity contribution < 1.29 is 6.90 Å².